The monoisotopic (exact) mass is 254 g/mol. The zero-order valence-electron chi connectivity index (χ0n) is 4.75. The van der Waals surface area contributed by atoms with Crippen LogP contribution in [-0.2, 0) is 45.3 Å². The average Bonchev–Trinajstić information content (AvgIpc) is 1.14. The summed E-state index contributed by atoms with van der Waals surface area (Å²) < 4.78 is 56.3. The van der Waals surface area contributed by atoms with Gasteiger partial charge in [-0.1, -0.05) is 0 Å². The van der Waals surface area contributed by atoms with Crippen molar-refractivity contribution in [2.24, 2.45) is 0 Å². The summed E-state index contributed by atoms with van der Waals surface area (Å²) in [4.78, 5) is 0. The van der Waals surface area contributed by atoms with Gasteiger partial charge in [0.25, 0.3) is 0 Å². The molecule has 0 amide bonds. The third-order valence-corrected chi connectivity index (χ3v) is 2.92. The number of hydrogen-bond donors (Lipinski definition) is 2. The zero-order chi connectivity index (χ0) is 7.71. The Balaban J connectivity index is -0.000000320. The summed E-state index contributed by atoms with van der Waals surface area (Å²) in [6.07, 6.45) is 0. The zero-order valence-corrected chi connectivity index (χ0v) is 7.30. The third kappa shape index (κ3) is 17.8. The Hall–Kier alpha value is 0.0649. The Kier molecular flexibility index (Phi) is 7.59. The molecule has 9 nitrogen and oxygen atoms in total. The predicted molar refractivity (Wildman–Crippen MR) is 15.5 cm³/mol. The fraction of sp³-hybridized carbons (Fsp3) is 0. The second-order valence-electron chi connectivity index (χ2n) is 0.924. The molecule has 0 aliphatic heterocycles. The number of rotatable bonds is 2. The molecular weight excluding hydrogens is 248 g/mol. The first-order valence-electron chi connectivity index (χ1n) is 1.37. The molecule has 72 valence electrons. The Morgan fingerprint density at radius 3 is 1.00 bits per heavy atom. The molecular formula is H6Cr2O9. The van der Waals surface area contributed by atoms with Crippen molar-refractivity contribution in [3.8, 4) is 0 Å². The van der Waals surface area contributed by atoms with E-state index in [1.807, 2.05) is 0 Å². The van der Waals surface area contributed by atoms with Crippen molar-refractivity contribution < 1.29 is 64.5 Å². The second kappa shape index (κ2) is 4.85. The fourth-order valence-corrected chi connectivity index (χ4v) is 1.85. The number of hydrogen-bond acceptors (Lipinski definition) is 5. The van der Waals surface area contributed by atoms with E-state index in [1.54, 1.807) is 0 Å². The van der Waals surface area contributed by atoms with Crippen LogP contribution in [0.4, 0.5) is 0 Å². The fourth-order valence-electron chi connectivity index (χ4n) is 0.109. The Morgan fingerprint density at radius 1 is 0.818 bits per heavy atom. The minimum absolute atomic E-state index is 0. The van der Waals surface area contributed by atoms with E-state index in [1.165, 1.54) is 0 Å². The van der Waals surface area contributed by atoms with Crippen LogP contribution in [0.15, 0.2) is 0 Å². The van der Waals surface area contributed by atoms with Gasteiger partial charge < -0.3 is 11.0 Å². The summed E-state index contributed by atoms with van der Waals surface area (Å²) in [7, 11) is 0. The first kappa shape index (κ1) is 17.2. The molecule has 11 heteroatoms. The molecule has 0 spiro atoms. The molecule has 0 aromatic rings. The van der Waals surface area contributed by atoms with Gasteiger partial charge in [0.1, 0.15) is 0 Å². The third-order valence-electron chi connectivity index (χ3n) is 0.172. The molecule has 11 heavy (non-hydrogen) atoms. The summed E-state index contributed by atoms with van der Waals surface area (Å²) in [6, 6.07) is 0. The van der Waals surface area contributed by atoms with E-state index in [0.29, 0.717) is 0 Å². The predicted octanol–water partition coefficient (Wildman–Crippen LogP) is -3.31. The van der Waals surface area contributed by atoms with Gasteiger partial charge in [0.2, 0.25) is 0 Å². The van der Waals surface area contributed by atoms with Crippen LogP contribution in [-0.4, -0.2) is 19.3 Å². The molecule has 0 unspecified atom stereocenters. The van der Waals surface area contributed by atoms with Gasteiger partial charge in [-0.3, -0.25) is 0 Å². The molecule has 0 atom stereocenters. The molecule has 0 rings (SSSR count). The van der Waals surface area contributed by atoms with Crippen LogP contribution >= 0.6 is 0 Å². The van der Waals surface area contributed by atoms with Crippen molar-refractivity contribution >= 4 is 0 Å². The maximum absolute atomic E-state index is 9.53. The van der Waals surface area contributed by atoms with Crippen molar-refractivity contribution in [3.63, 3.8) is 0 Å². The SMILES string of the molecule is O.O.[O]=[Cr](=[O])([OH])[O][Cr](=[O])(=[O])[OH]. The van der Waals surface area contributed by atoms with Crippen LogP contribution in [0.5, 0.6) is 0 Å². The summed E-state index contributed by atoms with van der Waals surface area (Å²) in [5.41, 5.74) is 0. The van der Waals surface area contributed by atoms with Gasteiger partial charge in [-0.15, -0.1) is 0 Å². The van der Waals surface area contributed by atoms with Crippen LogP contribution < -0.4 is 0 Å². The van der Waals surface area contributed by atoms with Crippen molar-refractivity contribution in [1.29, 1.82) is 0 Å². The molecule has 0 heterocycles. The van der Waals surface area contributed by atoms with E-state index < -0.39 is 27.2 Å². The summed E-state index contributed by atoms with van der Waals surface area (Å²) >= 11 is -11.5. The van der Waals surface area contributed by atoms with Crippen LogP contribution in [0.2, 0.25) is 0 Å². The molecule has 0 aromatic heterocycles. The second-order valence-corrected chi connectivity index (χ2v) is 4.68. The quantitative estimate of drug-likeness (QED) is 0.516. The summed E-state index contributed by atoms with van der Waals surface area (Å²) in [5, 5.41) is 0. The van der Waals surface area contributed by atoms with Crippen LogP contribution in [0, 0.1) is 0 Å². The van der Waals surface area contributed by atoms with Gasteiger partial charge in [0.15, 0.2) is 0 Å². The minimum atomic E-state index is -5.76. The van der Waals surface area contributed by atoms with E-state index in [4.69, 9.17) is 8.32 Å². The van der Waals surface area contributed by atoms with Gasteiger partial charge in [-0.05, 0) is 0 Å². The van der Waals surface area contributed by atoms with E-state index in [0.717, 1.165) is 0 Å². The topological polar surface area (TPSA) is 181 Å². The van der Waals surface area contributed by atoms with Crippen LogP contribution in [0.3, 0.4) is 0 Å². The molecule has 0 radical (unpaired) electrons. The molecule has 0 aliphatic carbocycles. The van der Waals surface area contributed by atoms with Gasteiger partial charge in [0.05, 0.1) is 0 Å². The molecule has 0 fully saturated rings. The normalized spacial score (nSPS) is 11.1. The molecule has 0 aromatic carbocycles. The first-order chi connectivity index (χ1) is 3.71. The first-order valence-corrected chi connectivity index (χ1v) is 5.63. The molecule has 0 bridgehead atoms. The van der Waals surface area contributed by atoms with Gasteiger partial charge in [-0.2, -0.15) is 0 Å². The Labute approximate surface area is 65.0 Å². The molecule has 0 aliphatic rings. The van der Waals surface area contributed by atoms with Gasteiger partial charge in [-0.25, -0.2) is 0 Å². The molecule has 0 saturated heterocycles. The Bertz CT molecular complexity index is 233. The van der Waals surface area contributed by atoms with E-state index in [-0.39, 0.29) is 11.0 Å². The molecule has 6 N–H and O–H groups in total. The van der Waals surface area contributed by atoms with Crippen LogP contribution in [0.25, 0.3) is 0 Å². The van der Waals surface area contributed by atoms with Crippen LogP contribution in [0.1, 0.15) is 0 Å². The van der Waals surface area contributed by atoms with Crippen molar-refractivity contribution in [2.45, 2.75) is 0 Å². The van der Waals surface area contributed by atoms with Gasteiger partial charge in [0, 0.05) is 0 Å². The van der Waals surface area contributed by atoms with E-state index >= 15 is 0 Å². The molecule has 0 saturated carbocycles. The average molecular weight is 254 g/mol. The summed E-state index contributed by atoms with van der Waals surface area (Å²) in [6.45, 7) is 0. The summed E-state index contributed by atoms with van der Waals surface area (Å²) in [5.74, 6) is 0. The Morgan fingerprint density at radius 2 is 1.00 bits per heavy atom. The van der Waals surface area contributed by atoms with E-state index in [9.17, 15) is 15.2 Å². The van der Waals surface area contributed by atoms with Crippen molar-refractivity contribution in [2.75, 3.05) is 0 Å². The van der Waals surface area contributed by atoms with E-state index in [2.05, 4.69) is 2.84 Å². The van der Waals surface area contributed by atoms with Crippen molar-refractivity contribution in [3.05, 3.63) is 0 Å². The maximum atomic E-state index is 9.53. The van der Waals surface area contributed by atoms with Crippen molar-refractivity contribution in [1.82, 2.24) is 0 Å². The van der Waals surface area contributed by atoms with Gasteiger partial charge >= 0.3 is 53.6 Å². The standard InChI is InChI=1S/2Cr.4H2O.5O/h;;4*1H2;;;;;/q2*+1;;;;;;;;;/p-2.